The minimum Gasteiger partial charge on any atom is -0.494 e. The van der Waals surface area contributed by atoms with Crippen molar-refractivity contribution >= 4 is 17.7 Å². The molecule has 12 heteroatoms. The van der Waals surface area contributed by atoms with Gasteiger partial charge in [-0.2, -0.15) is 18.3 Å². The van der Waals surface area contributed by atoms with Crippen molar-refractivity contribution in [1.29, 1.82) is 0 Å². The van der Waals surface area contributed by atoms with E-state index in [9.17, 15) is 32.7 Å². The molecule has 3 rings (SSSR count). The van der Waals surface area contributed by atoms with Crippen LogP contribution in [0.25, 0.3) is 11.1 Å². The minimum absolute atomic E-state index is 0.151. The number of rotatable bonds is 7. The van der Waals surface area contributed by atoms with E-state index in [-0.39, 0.29) is 23.3 Å². The van der Waals surface area contributed by atoms with Crippen LogP contribution in [0.5, 0.6) is 5.75 Å². The zero-order valence-corrected chi connectivity index (χ0v) is 19.5. The van der Waals surface area contributed by atoms with Gasteiger partial charge in [-0.15, -0.1) is 0 Å². The number of aryl methyl sites for hydroxylation is 1. The third kappa shape index (κ3) is 5.65. The molecule has 0 spiro atoms. The van der Waals surface area contributed by atoms with Gasteiger partial charge in [-0.25, -0.2) is 14.3 Å². The molecule has 3 aromatic rings. The normalized spacial score (nSPS) is 12.1. The second-order valence-electron chi connectivity index (χ2n) is 7.83. The van der Waals surface area contributed by atoms with Crippen LogP contribution in [-0.4, -0.2) is 47.1 Å². The lowest BCUT2D eigenvalue weighted by Gasteiger charge is -2.24. The summed E-state index contributed by atoms with van der Waals surface area (Å²) in [5.74, 6) is -1.10. The first kappa shape index (κ1) is 26.3. The molecule has 0 aliphatic rings. The van der Waals surface area contributed by atoms with Gasteiger partial charge in [-0.3, -0.25) is 9.69 Å². The van der Waals surface area contributed by atoms with E-state index in [1.54, 1.807) is 24.3 Å². The molecule has 2 aromatic carbocycles. The number of anilines is 1. The van der Waals surface area contributed by atoms with Crippen LogP contribution < -0.4 is 20.5 Å². The maximum Gasteiger partial charge on any atom is 0.418 e. The summed E-state index contributed by atoms with van der Waals surface area (Å²) in [5, 5.41) is 15.8. The molecular formula is C24H23F3N4O5. The molecule has 1 atom stereocenters. The predicted molar refractivity (Wildman–Crippen MR) is 125 cm³/mol. The Balaban J connectivity index is 1.80. The number of methoxy groups -OCH3 is 1. The SMILES string of the molecule is COc1cnn(C)c(=O)c1-c1ccc(C[C@H](NC(=O)N(C)c2ccccc2C(F)(F)F)C(=O)O)cc1. The Morgan fingerprint density at radius 1 is 1.17 bits per heavy atom. The molecule has 1 aromatic heterocycles. The van der Waals surface area contributed by atoms with Crippen LogP contribution in [0, 0.1) is 0 Å². The third-order valence-corrected chi connectivity index (χ3v) is 5.48. The van der Waals surface area contributed by atoms with Crippen molar-refractivity contribution in [2.45, 2.75) is 18.6 Å². The van der Waals surface area contributed by atoms with Crippen LogP contribution in [0.1, 0.15) is 11.1 Å². The summed E-state index contributed by atoms with van der Waals surface area (Å²) in [5.41, 5.74) is -0.533. The number of aliphatic carboxylic acids is 1. The third-order valence-electron chi connectivity index (χ3n) is 5.48. The van der Waals surface area contributed by atoms with E-state index in [1.165, 1.54) is 32.5 Å². The molecule has 9 nitrogen and oxygen atoms in total. The van der Waals surface area contributed by atoms with Crippen LogP contribution in [-0.2, 0) is 24.4 Å². The van der Waals surface area contributed by atoms with Gasteiger partial charge in [-0.05, 0) is 23.3 Å². The number of amides is 2. The van der Waals surface area contributed by atoms with Gasteiger partial charge in [0, 0.05) is 20.5 Å². The zero-order chi connectivity index (χ0) is 26.6. The Hall–Kier alpha value is -4.35. The van der Waals surface area contributed by atoms with Gasteiger partial charge in [0.15, 0.2) is 5.75 Å². The van der Waals surface area contributed by atoms with E-state index in [4.69, 9.17) is 4.74 Å². The van der Waals surface area contributed by atoms with Crippen molar-refractivity contribution in [3.8, 4) is 16.9 Å². The van der Waals surface area contributed by atoms with Crippen LogP contribution in [0.4, 0.5) is 23.7 Å². The van der Waals surface area contributed by atoms with Gasteiger partial charge in [0.25, 0.3) is 5.56 Å². The van der Waals surface area contributed by atoms with E-state index in [0.29, 0.717) is 16.0 Å². The fourth-order valence-corrected chi connectivity index (χ4v) is 3.55. The number of nitrogens with one attached hydrogen (secondary N) is 1. The van der Waals surface area contributed by atoms with Gasteiger partial charge < -0.3 is 15.2 Å². The molecule has 36 heavy (non-hydrogen) atoms. The van der Waals surface area contributed by atoms with Gasteiger partial charge in [-0.1, -0.05) is 36.4 Å². The van der Waals surface area contributed by atoms with Crippen molar-refractivity contribution < 1.29 is 32.6 Å². The van der Waals surface area contributed by atoms with E-state index in [0.717, 1.165) is 23.9 Å². The van der Waals surface area contributed by atoms with Gasteiger partial charge >= 0.3 is 18.2 Å². The molecule has 0 fully saturated rings. The van der Waals surface area contributed by atoms with Crippen LogP contribution in [0.15, 0.2) is 59.5 Å². The van der Waals surface area contributed by atoms with Crippen molar-refractivity contribution in [2.75, 3.05) is 19.1 Å². The summed E-state index contributed by atoms with van der Waals surface area (Å²) in [6.07, 6.45) is -3.45. The summed E-state index contributed by atoms with van der Waals surface area (Å²) in [7, 11) is 4.01. The Kier molecular flexibility index (Phi) is 7.66. The predicted octanol–water partition coefficient (Wildman–Crippen LogP) is 3.32. The van der Waals surface area contributed by atoms with E-state index in [1.807, 2.05) is 0 Å². The van der Waals surface area contributed by atoms with Crippen molar-refractivity contribution in [2.24, 2.45) is 7.05 Å². The Morgan fingerprint density at radius 3 is 2.39 bits per heavy atom. The molecule has 0 saturated heterocycles. The number of aromatic nitrogens is 2. The van der Waals surface area contributed by atoms with Crippen molar-refractivity contribution in [1.82, 2.24) is 15.1 Å². The minimum atomic E-state index is -4.70. The molecule has 190 valence electrons. The number of nitrogens with zero attached hydrogens (tertiary/aromatic N) is 3. The summed E-state index contributed by atoms with van der Waals surface area (Å²) in [6.45, 7) is 0. The maximum atomic E-state index is 13.3. The number of carboxylic acids is 1. The molecule has 0 bridgehead atoms. The number of ether oxygens (including phenoxy) is 1. The molecule has 2 N–H and O–H groups in total. The molecule has 0 aliphatic carbocycles. The first-order valence-corrected chi connectivity index (χ1v) is 10.6. The summed E-state index contributed by atoms with van der Waals surface area (Å²) in [4.78, 5) is 37.7. The highest BCUT2D eigenvalue weighted by atomic mass is 19.4. The highest BCUT2D eigenvalue weighted by molar-refractivity contribution is 5.94. The maximum absolute atomic E-state index is 13.3. The fourth-order valence-electron chi connectivity index (χ4n) is 3.55. The lowest BCUT2D eigenvalue weighted by atomic mass is 10.0. The second-order valence-corrected chi connectivity index (χ2v) is 7.83. The highest BCUT2D eigenvalue weighted by Crippen LogP contribution is 2.36. The summed E-state index contributed by atoms with van der Waals surface area (Å²) in [6, 6.07) is 8.41. The monoisotopic (exact) mass is 504 g/mol. The Labute approximate surface area is 203 Å². The largest absolute Gasteiger partial charge is 0.494 e. The molecule has 0 radical (unpaired) electrons. The molecule has 0 aliphatic heterocycles. The number of halogens is 3. The number of carboxylic acid groups (broad SMARTS) is 1. The van der Waals surface area contributed by atoms with Crippen LogP contribution in [0.3, 0.4) is 0 Å². The topological polar surface area (TPSA) is 114 Å². The lowest BCUT2D eigenvalue weighted by Crippen LogP contribution is -2.48. The number of carbonyl (C=O) groups is 2. The molecule has 0 saturated carbocycles. The Morgan fingerprint density at radius 2 is 1.81 bits per heavy atom. The molecular weight excluding hydrogens is 481 g/mol. The molecule has 1 heterocycles. The molecule has 2 amide bonds. The first-order chi connectivity index (χ1) is 16.9. The van der Waals surface area contributed by atoms with Gasteiger partial charge in [0.05, 0.1) is 30.1 Å². The van der Waals surface area contributed by atoms with Crippen LogP contribution in [0.2, 0.25) is 0 Å². The number of carbonyl (C=O) groups excluding carboxylic acids is 1. The standard InChI is InChI=1S/C24H23F3N4O5/c1-30(18-7-5-4-6-16(18)24(25,26)27)23(35)29-17(22(33)34)12-14-8-10-15(11-9-14)20-19(36-3)13-28-31(2)21(20)32/h4-11,13,17H,12H2,1-3H3,(H,29,35)(H,33,34)/t17-/m0/s1. The van der Waals surface area contributed by atoms with Crippen molar-refractivity contribution in [3.63, 3.8) is 0 Å². The number of alkyl halides is 3. The number of urea groups is 1. The van der Waals surface area contributed by atoms with E-state index in [2.05, 4.69) is 10.4 Å². The zero-order valence-electron chi connectivity index (χ0n) is 19.5. The quantitative estimate of drug-likeness (QED) is 0.511. The summed E-state index contributed by atoms with van der Waals surface area (Å²) < 4.78 is 46.3. The summed E-state index contributed by atoms with van der Waals surface area (Å²) >= 11 is 0. The van der Waals surface area contributed by atoms with E-state index >= 15 is 0 Å². The second kappa shape index (κ2) is 10.5. The fraction of sp³-hybridized carbons (Fsp3) is 0.250. The number of hydrogen-bond acceptors (Lipinski definition) is 5. The van der Waals surface area contributed by atoms with Crippen molar-refractivity contribution in [3.05, 3.63) is 76.2 Å². The van der Waals surface area contributed by atoms with Gasteiger partial charge in [0.2, 0.25) is 0 Å². The number of benzene rings is 2. The Bertz CT molecular complexity index is 1320. The van der Waals surface area contributed by atoms with Crippen LogP contribution >= 0.6 is 0 Å². The average Bonchev–Trinajstić information content (AvgIpc) is 2.84. The number of para-hydroxylation sites is 1. The number of hydrogen-bond donors (Lipinski definition) is 2. The average molecular weight is 504 g/mol. The van der Waals surface area contributed by atoms with E-state index < -0.39 is 35.5 Å². The molecule has 0 unspecified atom stereocenters. The smallest absolute Gasteiger partial charge is 0.418 e. The lowest BCUT2D eigenvalue weighted by molar-refractivity contribution is -0.139. The highest BCUT2D eigenvalue weighted by Gasteiger charge is 2.35. The first-order valence-electron chi connectivity index (χ1n) is 10.6. The van der Waals surface area contributed by atoms with Gasteiger partial charge in [0.1, 0.15) is 6.04 Å².